The van der Waals surface area contributed by atoms with Crippen molar-refractivity contribution < 1.29 is 9.90 Å². The van der Waals surface area contributed by atoms with E-state index in [0.29, 0.717) is 19.5 Å². The number of likely N-dealkylation sites (N-methyl/N-ethyl adjacent to an activating group) is 1. The maximum atomic E-state index is 12.0. The van der Waals surface area contributed by atoms with Crippen molar-refractivity contribution >= 4 is 5.91 Å². The van der Waals surface area contributed by atoms with Crippen molar-refractivity contribution in [2.24, 2.45) is 0 Å². The molecule has 1 N–H and O–H groups in total. The van der Waals surface area contributed by atoms with Crippen molar-refractivity contribution in [3.63, 3.8) is 0 Å². The molecule has 0 aromatic carbocycles. The zero-order valence-corrected chi connectivity index (χ0v) is 9.33. The highest BCUT2D eigenvalue weighted by molar-refractivity contribution is 5.90. The highest BCUT2D eigenvalue weighted by Gasteiger charge is 2.46. The molecule has 0 aromatic rings. The minimum absolute atomic E-state index is 0.0850. The maximum absolute atomic E-state index is 12.0. The van der Waals surface area contributed by atoms with Crippen LogP contribution in [0.3, 0.4) is 0 Å². The largest absolute Gasteiger partial charge is 0.376 e. The number of nitrogens with zero attached hydrogens (tertiary/aromatic N) is 1. The van der Waals surface area contributed by atoms with Gasteiger partial charge in [-0.3, -0.25) is 4.79 Å². The summed E-state index contributed by atoms with van der Waals surface area (Å²) in [5.41, 5.74) is -0.189. The number of carbonyl (C=O) groups excluding carboxylic acids is 1. The molecular weight excluding hydrogens is 190 g/mol. The molecule has 2 rings (SSSR count). The zero-order valence-electron chi connectivity index (χ0n) is 9.33. The van der Waals surface area contributed by atoms with Crippen LogP contribution in [0.5, 0.6) is 0 Å². The van der Waals surface area contributed by atoms with Crippen molar-refractivity contribution in [1.82, 2.24) is 4.90 Å². The summed E-state index contributed by atoms with van der Waals surface area (Å²) < 4.78 is 0. The summed E-state index contributed by atoms with van der Waals surface area (Å²) in [5.74, 6) is -0.0850. The molecule has 0 bridgehead atoms. The number of likely N-dealkylation sites (tertiary alicyclic amines) is 1. The molecule has 1 atom stereocenters. The standard InChI is InChI=1S/C12H19NO2/c1-2-13-9-8-12(15,11(13)14)10-6-4-3-5-7-10/h6,15H,2-5,7-9H2,1H3. The average molecular weight is 209 g/mol. The quantitative estimate of drug-likeness (QED) is 0.700. The van der Waals surface area contributed by atoms with Crippen LogP contribution in [0.25, 0.3) is 0 Å². The first-order chi connectivity index (χ1) is 7.18. The van der Waals surface area contributed by atoms with Gasteiger partial charge in [0.25, 0.3) is 5.91 Å². The lowest BCUT2D eigenvalue weighted by Gasteiger charge is -2.27. The summed E-state index contributed by atoms with van der Waals surface area (Å²) in [6.07, 6.45) is 6.84. The number of allylic oxidation sites excluding steroid dienone is 1. The third kappa shape index (κ3) is 1.69. The third-order valence-electron chi connectivity index (χ3n) is 3.59. The Labute approximate surface area is 90.8 Å². The van der Waals surface area contributed by atoms with Crippen LogP contribution in [0, 0.1) is 0 Å². The molecule has 3 heteroatoms. The second-order valence-electron chi connectivity index (χ2n) is 4.47. The highest BCUT2D eigenvalue weighted by atomic mass is 16.3. The summed E-state index contributed by atoms with van der Waals surface area (Å²) in [5, 5.41) is 10.4. The molecule has 0 aromatic heterocycles. The molecule has 2 aliphatic rings. The number of aliphatic hydroxyl groups is 1. The van der Waals surface area contributed by atoms with Gasteiger partial charge in [0, 0.05) is 19.5 Å². The molecule has 1 fully saturated rings. The molecule has 84 valence electrons. The predicted molar refractivity (Wildman–Crippen MR) is 58.4 cm³/mol. The van der Waals surface area contributed by atoms with Gasteiger partial charge < -0.3 is 10.0 Å². The second kappa shape index (κ2) is 3.97. The lowest BCUT2D eigenvalue weighted by molar-refractivity contribution is -0.140. The van der Waals surface area contributed by atoms with Gasteiger partial charge >= 0.3 is 0 Å². The van der Waals surface area contributed by atoms with Gasteiger partial charge in [-0.05, 0) is 38.2 Å². The van der Waals surface area contributed by atoms with Gasteiger partial charge in [-0.1, -0.05) is 6.08 Å². The van der Waals surface area contributed by atoms with E-state index in [1.54, 1.807) is 4.90 Å². The van der Waals surface area contributed by atoms with Crippen LogP contribution in [0.4, 0.5) is 0 Å². The van der Waals surface area contributed by atoms with E-state index in [4.69, 9.17) is 0 Å². The zero-order chi connectivity index (χ0) is 10.9. The molecule has 1 aliphatic carbocycles. The predicted octanol–water partition coefficient (Wildman–Crippen LogP) is 1.47. The first-order valence-electron chi connectivity index (χ1n) is 5.89. The van der Waals surface area contributed by atoms with E-state index >= 15 is 0 Å². The first-order valence-corrected chi connectivity index (χ1v) is 5.89. The van der Waals surface area contributed by atoms with Gasteiger partial charge in [0.05, 0.1) is 0 Å². The van der Waals surface area contributed by atoms with Gasteiger partial charge in [-0.25, -0.2) is 0 Å². The van der Waals surface area contributed by atoms with Crippen LogP contribution in [0.2, 0.25) is 0 Å². The molecule has 0 radical (unpaired) electrons. The van der Waals surface area contributed by atoms with E-state index in [2.05, 4.69) is 6.08 Å². The van der Waals surface area contributed by atoms with Crippen LogP contribution in [-0.2, 0) is 4.79 Å². The van der Waals surface area contributed by atoms with E-state index in [1.165, 1.54) is 6.42 Å². The normalized spacial score (nSPS) is 32.0. The molecule has 15 heavy (non-hydrogen) atoms. The Morgan fingerprint density at radius 1 is 1.53 bits per heavy atom. The SMILES string of the molecule is CCN1CCC(O)(C2=CCCCC2)C1=O. The molecule has 1 unspecified atom stereocenters. The molecular formula is C12H19NO2. The lowest BCUT2D eigenvalue weighted by Crippen LogP contribution is -2.42. The summed E-state index contributed by atoms with van der Waals surface area (Å²) in [6.45, 7) is 3.36. The summed E-state index contributed by atoms with van der Waals surface area (Å²) in [6, 6.07) is 0. The Morgan fingerprint density at radius 2 is 2.33 bits per heavy atom. The van der Waals surface area contributed by atoms with E-state index in [0.717, 1.165) is 24.8 Å². The fourth-order valence-corrected chi connectivity index (χ4v) is 2.58. The van der Waals surface area contributed by atoms with Crippen molar-refractivity contribution in [1.29, 1.82) is 0 Å². The number of hydrogen-bond acceptors (Lipinski definition) is 2. The maximum Gasteiger partial charge on any atom is 0.258 e. The summed E-state index contributed by atoms with van der Waals surface area (Å²) in [7, 11) is 0. The van der Waals surface area contributed by atoms with Gasteiger partial charge in [-0.15, -0.1) is 0 Å². The van der Waals surface area contributed by atoms with Crippen molar-refractivity contribution in [3.8, 4) is 0 Å². The Morgan fingerprint density at radius 3 is 2.87 bits per heavy atom. The lowest BCUT2D eigenvalue weighted by atomic mass is 9.84. The molecule has 1 amide bonds. The minimum Gasteiger partial charge on any atom is -0.376 e. The van der Waals surface area contributed by atoms with E-state index in [9.17, 15) is 9.90 Å². The summed E-state index contributed by atoms with van der Waals surface area (Å²) in [4.78, 5) is 13.7. The van der Waals surface area contributed by atoms with Gasteiger partial charge in [-0.2, -0.15) is 0 Å². The van der Waals surface area contributed by atoms with Crippen LogP contribution in [-0.4, -0.2) is 34.6 Å². The monoisotopic (exact) mass is 209 g/mol. The number of hydrogen-bond donors (Lipinski definition) is 1. The number of amides is 1. The van der Waals surface area contributed by atoms with Crippen molar-refractivity contribution in [2.45, 2.75) is 44.6 Å². The third-order valence-corrected chi connectivity index (χ3v) is 3.59. The number of carbonyl (C=O) groups is 1. The Kier molecular flexibility index (Phi) is 2.83. The van der Waals surface area contributed by atoms with Crippen molar-refractivity contribution in [3.05, 3.63) is 11.6 Å². The average Bonchev–Trinajstić information content (AvgIpc) is 2.58. The first kappa shape index (κ1) is 10.7. The minimum atomic E-state index is -1.16. The summed E-state index contributed by atoms with van der Waals surface area (Å²) >= 11 is 0. The van der Waals surface area contributed by atoms with Gasteiger partial charge in [0.1, 0.15) is 0 Å². The van der Waals surface area contributed by atoms with Gasteiger partial charge in [0.2, 0.25) is 0 Å². The smallest absolute Gasteiger partial charge is 0.258 e. The molecule has 1 aliphatic heterocycles. The van der Waals surface area contributed by atoms with Crippen LogP contribution >= 0.6 is 0 Å². The highest BCUT2D eigenvalue weighted by Crippen LogP contribution is 2.35. The molecule has 0 saturated carbocycles. The van der Waals surface area contributed by atoms with Crippen LogP contribution < -0.4 is 0 Å². The number of rotatable bonds is 2. The topological polar surface area (TPSA) is 40.5 Å². The fraction of sp³-hybridized carbons (Fsp3) is 0.750. The van der Waals surface area contributed by atoms with Crippen LogP contribution in [0.1, 0.15) is 39.0 Å². The van der Waals surface area contributed by atoms with Gasteiger partial charge in [0.15, 0.2) is 5.60 Å². The second-order valence-corrected chi connectivity index (χ2v) is 4.47. The van der Waals surface area contributed by atoms with E-state index in [-0.39, 0.29) is 5.91 Å². The van der Waals surface area contributed by atoms with Crippen molar-refractivity contribution in [2.75, 3.05) is 13.1 Å². The molecule has 1 heterocycles. The Hall–Kier alpha value is -0.830. The molecule has 0 spiro atoms. The fourth-order valence-electron chi connectivity index (χ4n) is 2.58. The van der Waals surface area contributed by atoms with Crippen LogP contribution in [0.15, 0.2) is 11.6 Å². The molecule has 3 nitrogen and oxygen atoms in total. The Bertz CT molecular complexity index is 298. The van der Waals surface area contributed by atoms with E-state index < -0.39 is 5.60 Å². The van der Waals surface area contributed by atoms with E-state index in [1.807, 2.05) is 6.92 Å². The molecule has 1 saturated heterocycles. The Balaban J connectivity index is 2.20.